The van der Waals surface area contributed by atoms with Crippen LogP contribution in [0.5, 0.6) is 0 Å². The molecule has 0 aliphatic heterocycles. The molecule has 0 radical (unpaired) electrons. The molecule has 0 aliphatic rings. The number of rotatable bonds is 7. The summed E-state index contributed by atoms with van der Waals surface area (Å²) in [5.74, 6) is 0. The number of ether oxygens (including phenoxy) is 1. The van der Waals surface area contributed by atoms with Crippen molar-refractivity contribution >= 4 is 21.6 Å². The normalized spacial score (nSPS) is 10.4. The van der Waals surface area contributed by atoms with Gasteiger partial charge in [0.2, 0.25) is 0 Å². The minimum Gasteiger partial charge on any atom is -0.384 e. The molecule has 18 heavy (non-hydrogen) atoms. The molecule has 1 aromatic rings. The van der Waals surface area contributed by atoms with Crippen LogP contribution in [-0.4, -0.2) is 19.3 Å². The van der Waals surface area contributed by atoms with Crippen LogP contribution >= 0.6 is 15.9 Å². The highest BCUT2D eigenvalue weighted by Crippen LogP contribution is 2.20. The molecule has 4 heteroatoms. The van der Waals surface area contributed by atoms with Crippen LogP contribution in [0.1, 0.15) is 32.3 Å². The van der Waals surface area contributed by atoms with E-state index >= 15 is 0 Å². The Labute approximate surface area is 117 Å². The average Bonchev–Trinajstić information content (AvgIpc) is 2.33. The number of hydrogen-bond donors (Lipinski definition) is 1. The lowest BCUT2D eigenvalue weighted by Crippen LogP contribution is -2.07. The SMILES string of the molecule is CC(C)OCCCCNc1cc(Br)ccc1C#N. The van der Waals surface area contributed by atoms with E-state index in [9.17, 15) is 0 Å². The number of nitriles is 1. The third-order valence-corrected chi connectivity index (χ3v) is 2.93. The van der Waals surface area contributed by atoms with Crippen molar-refractivity contribution in [3.05, 3.63) is 28.2 Å². The molecule has 0 atom stereocenters. The minimum atomic E-state index is 0.299. The van der Waals surface area contributed by atoms with Crippen LogP contribution < -0.4 is 5.32 Å². The number of nitrogens with zero attached hydrogens (tertiary/aromatic N) is 1. The Morgan fingerprint density at radius 1 is 1.39 bits per heavy atom. The van der Waals surface area contributed by atoms with Gasteiger partial charge in [0, 0.05) is 17.6 Å². The van der Waals surface area contributed by atoms with Gasteiger partial charge in [-0.15, -0.1) is 0 Å². The summed E-state index contributed by atoms with van der Waals surface area (Å²) in [6.07, 6.45) is 2.36. The Morgan fingerprint density at radius 2 is 2.17 bits per heavy atom. The number of benzene rings is 1. The van der Waals surface area contributed by atoms with E-state index in [2.05, 4.69) is 27.3 Å². The average molecular weight is 311 g/mol. The van der Waals surface area contributed by atoms with E-state index in [0.717, 1.165) is 36.2 Å². The topological polar surface area (TPSA) is 45.0 Å². The molecule has 0 saturated heterocycles. The van der Waals surface area contributed by atoms with Gasteiger partial charge in [-0.05, 0) is 44.9 Å². The molecule has 0 bridgehead atoms. The monoisotopic (exact) mass is 310 g/mol. The number of unbranched alkanes of at least 4 members (excludes halogenated alkanes) is 1. The van der Waals surface area contributed by atoms with Crippen LogP contribution in [0.3, 0.4) is 0 Å². The van der Waals surface area contributed by atoms with Gasteiger partial charge >= 0.3 is 0 Å². The van der Waals surface area contributed by atoms with Crippen LogP contribution in [0, 0.1) is 11.3 Å². The van der Waals surface area contributed by atoms with Gasteiger partial charge < -0.3 is 10.1 Å². The summed E-state index contributed by atoms with van der Waals surface area (Å²) < 4.78 is 6.45. The molecule has 3 nitrogen and oxygen atoms in total. The van der Waals surface area contributed by atoms with E-state index in [-0.39, 0.29) is 0 Å². The van der Waals surface area contributed by atoms with Crippen LogP contribution in [0.15, 0.2) is 22.7 Å². The Bertz CT molecular complexity index is 413. The lowest BCUT2D eigenvalue weighted by atomic mass is 10.2. The van der Waals surface area contributed by atoms with E-state index in [0.29, 0.717) is 11.7 Å². The van der Waals surface area contributed by atoms with Gasteiger partial charge in [-0.1, -0.05) is 15.9 Å². The number of nitrogens with one attached hydrogen (secondary N) is 1. The van der Waals surface area contributed by atoms with Crippen molar-refractivity contribution < 1.29 is 4.74 Å². The molecule has 0 fully saturated rings. The van der Waals surface area contributed by atoms with Crippen molar-refractivity contribution in [2.24, 2.45) is 0 Å². The molecule has 1 aromatic carbocycles. The summed E-state index contributed by atoms with van der Waals surface area (Å²) in [5, 5.41) is 12.3. The fourth-order valence-electron chi connectivity index (χ4n) is 1.53. The molecule has 98 valence electrons. The maximum Gasteiger partial charge on any atom is 0.101 e. The Kier molecular flexibility index (Phi) is 6.77. The highest BCUT2D eigenvalue weighted by atomic mass is 79.9. The Morgan fingerprint density at radius 3 is 2.83 bits per heavy atom. The molecular formula is C14H19BrN2O. The van der Waals surface area contributed by atoms with Gasteiger partial charge in [-0.3, -0.25) is 0 Å². The van der Waals surface area contributed by atoms with E-state index < -0.39 is 0 Å². The highest BCUT2D eigenvalue weighted by molar-refractivity contribution is 9.10. The quantitative estimate of drug-likeness (QED) is 0.776. The van der Waals surface area contributed by atoms with E-state index in [4.69, 9.17) is 10.00 Å². The van der Waals surface area contributed by atoms with Gasteiger partial charge in [-0.25, -0.2) is 0 Å². The molecule has 1 rings (SSSR count). The summed E-state index contributed by atoms with van der Waals surface area (Å²) in [5.41, 5.74) is 1.56. The predicted octanol–water partition coefficient (Wildman–Crippen LogP) is 3.94. The van der Waals surface area contributed by atoms with E-state index in [1.165, 1.54) is 0 Å². The van der Waals surface area contributed by atoms with Crippen molar-refractivity contribution in [2.75, 3.05) is 18.5 Å². The second-order valence-corrected chi connectivity index (χ2v) is 5.27. The van der Waals surface area contributed by atoms with Crippen molar-refractivity contribution in [3.8, 4) is 6.07 Å². The van der Waals surface area contributed by atoms with Gasteiger partial charge in [0.1, 0.15) is 6.07 Å². The van der Waals surface area contributed by atoms with Gasteiger partial charge in [-0.2, -0.15) is 5.26 Å². The third kappa shape index (κ3) is 5.52. The van der Waals surface area contributed by atoms with E-state index in [1.54, 1.807) is 0 Å². The molecule has 0 aromatic heterocycles. The summed E-state index contributed by atoms with van der Waals surface area (Å²) in [6.45, 7) is 5.73. The number of hydrogen-bond acceptors (Lipinski definition) is 3. The van der Waals surface area contributed by atoms with Crippen LogP contribution in [-0.2, 0) is 4.74 Å². The zero-order valence-corrected chi connectivity index (χ0v) is 12.5. The zero-order chi connectivity index (χ0) is 13.4. The second kappa shape index (κ2) is 8.12. The smallest absolute Gasteiger partial charge is 0.101 e. The zero-order valence-electron chi connectivity index (χ0n) is 10.9. The first-order chi connectivity index (χ1) is 8.63. The number of halogens is 1. The minimum absolute atomic E-state index is 0.299. The number of anilines is 1. The standard InChI is InChI=1S/C14H19BrN2O/c1-11(2)18-8-4-3-7-17-14-9-13(15)6-5-12(14)10-16/h5-6,9,11,17H,3-4,7-8H2,1-2H3. The van der Waals surface area contributed by atoms with Gasteiger partial charge in [0.05, 0.1) is 17.4 Å². The van der Waals surface area contributed by atoms with Crippen molar-refractivity contribution in [1.29, 1.82) is 5.26 Å². The summed E-state index contributed by atoms with van der Waals surface area (Å²) in [7, 11) is 0. The molecule has 0 unspecified atom stereocenters. The molecule has 1 N–H and O–H groups in total. The molecular weight excluding hydrogens is 292 g/mol. The second-order valence-electron chi connectivity index (χ2n) is 4.36. The Balaban J connectivity index is 2.31. The first-order valence-electron chi connectivity index (χ1n) is 6.18. The molecule has 0 heterocycles. The largest absolute Gasteiger partial charge is 0.384 e. The highest BCUT2D eigenvalue weighted by Gasteiger charge is 2.01. The van der Waals surface area contributed by atoms with E-state index in [1.807, 2.05) is 32.0 Å². The summed E-state index contributed by atoms with van der Waals surface area (Å²) in [4.78, 5) is 0. The summed E-state index contributed by atoms with van der Waals surface area (Å²) in [6, 6.07) is 7.80. The maximum absolute atomic E-state index is 8.99. The predicted molar refractivity (Wildman–Crippen MR) is 77.7 cm³/mol. The molecule has 0 spiro atoms. The van der Waals surface area contributed by atoms with Crippen LogP contribution in [0.25, 0.3) is 0 Å². The fraction of sp³-hybridized carbons (Fsp3) is 0.500. The van der Waals surface area contributed by atoms with Gasteiger partial charge in [0.25, 0.3) is 0 Å². The molecule has 0 saturated carbocycles. The van der Waals surface area contributed by atoms with Crippen molar-refractivity contribution in [1.82, 2.24) is 0 Å². The van der Waals surface area contributed by atoms with Crippen LogP contribution in [0.2, 0.25) is 0 Å². The van der Waals surface area contributed by atoms with Crippen LogP contribution in [0.4, 0.5) is 5.69 Å². The first-order valence-corrected chi connectivity index (χ1v) is 6.98. The lowest BCUT2D eigenvalue weighted by molar-refractivity contribution is 0.0765. The third-order valence-electron chi connectivity index (χ3n) is 2.44. The fourth-order valence-corrected chi connectivity index (χ4v) is 1.89. The molecule has 0 amide bonds. The molecule has 0 aliphatic carbocycles. The van der Waals surface area contributed by atoms with Gasteiger partial charge in [0.15, 0.2) is 0 Å². The van der Waals surface area contributed by atoms with Crippen molar-refractivity contribution in [3.63, 3.8) is 0 Å². The van der Waals surface area contributed by atoms with Crippen molar-refractivity contribution in [2.45, 2.75) is 32.8 Å². The lowest BCUT2D eigenvalue weighted by Gasteiger charge is -2.10. The Hall–Kier alpha value is -1.05. The maximum atomic E-state index is 8.99. The first kappa shape index (κ1) is 15.0. The summed E-state index contributed by atoms with van der Waals surface area (Å²) >= 11 is 3.41.